The van der Waals surface area contributed by atoms with Crippen LogP contribution in [-0.2, 0) is 9.59 Å². The second kappa shape index (κ2) is 4.03. The molecule has 0 aromatic rings. The number of β-amino-alcohol motifs (C(OH)–C–C–N with tert-alkyl or cyclic N) is 1. The normalized spacial score (nSPS) is 17.4. The van der Waals surface area contributed by atoms with Gasteiger partial charge in [-0.25, -0.2) is 0 Å². The predicted octanol–water partition coefficient (Wildman–Crippen LogP) is -0.422. The van der Waals surface area contributed by atoms with Crippen molar-refractivity contribution in [3.63, 3.8) is 0 Å². The predicted molar refractivity (Wildman–Crippen MR) is 46.7 cm³/mol. The summed E-state index contributed by atoms with van der Waals surface area (Å²) in [6.07, 6.45) is 0.0780. The molecule has 5 heteroatoms. The highest BCUT2D eigenvalue weighted by Gasteiger charge is 2.30. The summed E-state index contributed by atoms with van der Waals surface area (Å²) >= 11 is 0. The molecule has 0 unspecified atom stereocenters. The standard InChI is InChI=1S/C9H10N2O3/c1-6-4-8(13)11(2-3-12)9(14)7(6)5-10/h12H,2-4H2,1H3. The maximum atomic E-state index is 11.5. The molecule has 0 bridgehead atoms. The largest absolute Gasteiger partial charge is 0.395 e. The fraction of sp³-hybridized carbons (Fsp3) is 0.444. The third kappa shape index (κ3) is 1.65. The number of imide groups is 1. The van der Waals surface area contributed by atoms with Crippen molar-refractivity contribution in [2.45, 2.75) is 13.3 Å². The monoisotopic (exact) mass is 194 g/mol. The van der Waals surface area contributed by atoms with Gasteiger partial charge in [-0.05, 0) is 12.5 Å². The Morgan fingerprint density at radius 2 is 2.21 bits per heavy atom. The van der Waals surface area contributed by atoms with Crippen LogP contribution in [0.25, 0.3) is 0 Å². The van der Waals surface area contributed by atoms with Crippen molar-refractivity contribution < 1.29 is 14.7 Å². The molecule has 0 aliphatic carbocycles. The topological polar surface area (TPSA) is 81.4 Å². The Bertz CT molecular complexity index is 352. The number of nitrogens with zero attached hydrogens (tertiary/aromatic N) is 2. The van der Waals surface area contributed by atoms with Crippen LogP contribution in [0.15, 0.2) is 11.1 Å². The minimum absolute atomic E-state index is 0.0121. The van der Waals surface area contributed by atoms with Gasteiger partial charge in [0, 0.05) is 6.42 Å². The highest BCUT2D eigenvalue weighted by atomic mass is 16.3. The molecule has 1 rings (SSSR count). The molecule has 1 N–H and O–H groups in total. The lowest BCUT2D eigenvalue weighted by atomic mass is 10.0. The van der Waals surface area contributed by atoms with Gasteiger partial charge >= 0.3 is 0 Å². The second-order valence-electron chi connectivity index (χ2n) is 3.02. The first kappa shape index (κ1) is 10.4. The van der Waals surface area contributed by atoms with Crippen molar-refractivity contribution in [3.8, 4) is 6.07 Å². The summed E-state index contributed by atoms with van der Waals surface area (Å²) < 4.78 is 0. The van der Waals surface area contributed by atoms with Crippen LogP contribution in [0.2, 0.25) is 0 Å². The number of carbonyl (C=O) groups is 2. The molecule has 14 heavy (non-hydrogen) atoms. The zero-order valence-corrected chi connectivity index (χ0v) is 7.78. The Kier molecular flexibility index (Phi) is 2.99. The van der Waals surface area contributed by atoms with Gasteiger partial charge in [-0.3, -0.25) is 14.5 Å². The van der Waals surface area contributed by atoms with Crippen molar-refractivity contribution in [2.75, 3.05) is 13.2 Å². The lowest BCUT2D eigenvalue weighted by Crippen LogP contribution is -2.42. The number of aliphatic hydroxyl groups is 1. The molecule has 0 atom stereocenters. The molecule has 1 aliphatic heterocycles. The van der Waals surface area contributed by atoms with E-state index in [1.54, 1.807) is 13.0 Å². The van der Waals surface area contributed by atoms with Gasteiger partial charge in [0.25, 0.3) is 5.91 Å². The van der Waals surface area contributed by atoms with E-state index < -0.39 is 5.91 Å². The van der Waals surface area contributed by atoms with Crippen molar-refractivity contribution >= 4 is 11.8 Å². The minimum atomic E-state index is -0.602. The zero-order chi connectivity index (χ0) is 10.7. The summed E-state index contributed by atoms with van der Waals surface area (Å²) in [5.74, 6) is -0.962. The molecular formula is C9H10N2O3. The molecule has 0 saturated heterocycles. The number of hydrogen-bond donors (Lipinski definition) is 1. The van der Waals surface area contributed by atoms with E-state index in [1.165, 1.54) is 0 Å². The Morgan fingerprint density at radius 1 is 1.57 bits per heavy atom. The van der Waals surface area contributed by atoms with Crippen LogP contribution in [0.3, 0.4) is 0 Å². The molecule has 0 aromatic carbocycles. The molecule has 74 valence electrons. The highest BCUT2D eigenvalue weighted by Crippen LogP contribution is 2.18. The fourth-order valence-electron chi connectivity index (χ4n) is 1.31. The van der Waals surface area contributed by atoms with Gasteiger partial charge in [-0.2, -0.15) is 5.26 Å². The molecule has 0 aromatic heterocycles. The van der Waals surface area contributed by atoms with Gasteiger partial charge in [0.2, 0.25) is 5.91 Å². The van der Waals surface area contributed by atoms with Crippen molar-refractivity contribution in [1.82, 2.24) is 4.90 Å². The van der Waals surface area contributed by atoms with Crippen LogP contribution in [0, 0.1) is 11.3 Å². The average molecular weight is 194 g/mol. The molecular weight excluding hydrogens is 184 g/mol. The van der Waals surface area contributed by atoms with Crippen LogP contribution in [0.4, 0.5) is 0 Å². The van der Waals surface area contributed by atoms with Crippen LogP contribution < -0.4 is 0 Å². The molecule has 0 fully saturated rings. The molecule has 1 aliphatic rings. The number of rotatable bonds is 2. The SMILES string of the molecule is CC1=C(C#N)C(=O)N(CCO)C(=O)C1. The van der Waals surface area contributed by atoms with Crippen molar-refractivity contribution in [3.05, 3.63) is 11.1 Å². The summed E-state index contributed by atoms with van der Waals surface area (Å²) in [7, 11) is 0. The van der Waals surface area contributed by atoms with E-state index >= 15 is 0 Å². The summed E-state index contributed by atoms with van der Waals surface area (Å²) in [6, 6.07) is 1.77. The second-order valence-corrected chi connectivity index (χ2v) is 3.02. The lowest BCUT2D eigenvalue weighted by Gasteiger charge is -2.24. The van der Waals surface area contributed by atoms with E-state index in [2.05, 4.69) is 0 Å². The van der Waals surface area contributed by atoms with E-state index in [4.69, 9.17) is 10.4 Å². The third-order valence-corrected chi connectivity index (χ3v) is 2.04. The van der Waals surface area contributed by atoms with Crippen LogP contribution >= 0.6 is 0 Å². The average Bonchev–Trinajstić information content (AvgIpc) is 2.12. The van der Waals surface area contributed by atoms with Crippen molar-refractivity contribution in [1.29, 1.82) is 5.26 Å². The van der Waals surface area contributed by atoms with Crippen LogP contribution in [0.5, 0.6) is 0 Å². The summed E-state index contributed by atoms with van der Waals surface area (Å²) in [6.45, 7) is 1.26. The number of nitriles is 1. The van der Waals surface area contributed by atoms with E-state index in [9.17, 15) is 9.59 Å². The molecule has 5 nitrogen and oxygen atoms in total. The minimum Gasteiger partial charge on any atom is -0.395 e. The van der Waals surface area contributed by atoms with E-state index in [-0.39, 0.29) is 31.1 Å². The smallest absolute Gasteiger partial charge is 0.271 e. The molecule has 0 radical (unpaired) electrons. The first-order valence-corrected chi connectivity index (χ1v) is 4.17. The first-order chi connectivity index (χ1) is 6.61. The third-order valence-electron chi connectivity index (χ3n) is 2.04. The Hall–Kier alpha value is -1.67. The van der Waals surface area contributed by atoms with Crippen molar-refractivity contribution in [2.24, 2.45) is 0 Å². The maximum absolute atomic E-state index is 11.5. The van der Waals surface area contributed by atoms with Gasteiger partial charge in [-0.15, -0.1) is 0 Å². The van der Waals surface area contributed by atoms with E-state index in [0.717, 1.165) is 4.90 Å². The first-order valence-electron chi connectivity index (χ1n) is 4.17. The lowest BCUT2D eigenvalue weighted by molar-refractivity contribution is -0.143. The molecule has 0 spiro atoms. The van der Waals surface area contributed by atoms with Gasteiger partial charge in [0.05, 0.1) is 13.2 Å². The summed E-state index contributed by atoms with van der Waals surface area (Å²) in [5, 5.41) is 17.3. The molecule has 0 saturated carbocycles. The summed E-state index contributed by atoms with van der Waals surface area (Å²) in [4.78, 5) is 23.7. The zero-order valence-electron chi connectivity index (χ0n) is 7.78. The van der Waals surface area contributed by atoms with Crippen LogP contribution in [0.1, 0.15) is 13.3 Å². The van der Waals surface area contributed by atoms with Gasteiger partial charge in [0.1, 0.15) is 11.6 Å². The number of carbonyl (C=O) groups excluding carboxylic acids is 2. The molecule has 2 amide bonds. The Balaban J connectivity index is 3.02. The van der Waals surface area contributed by atoms with Gasteiger partial charge in [-0.1, -0.05) is 0 Å². The quantitative estimate of drug-likeness (QED) is 0.605. The summed E-state index contributed by atoms with van der Waals surface area (Å²) in [5.41, 5.74) is 0.509. The van der Waals surface area contributed by atoms with E-state index in [0.29, 0.717) is 5.57 Å². The van der Waals surface area contributed by atoms with Gasteiger partial charge in [0.15, 0.2) is 0 Å². The van der Waals surface area contributed by atoms with Gasteiger partial charge < -0.3 is 5.11 Å². The Morgan fingerprint density at radius 3 is 2.71 bits per heavy atom. The maximum Gasteiger partial charge on any atom is 0.271 e. The highest BCUT2D eigenvalue weighted by molar-refractivity contribution is 6.10. The fourth-order valence-corrected chi connectivity index (χ4v) is 1.31. The number of aliphatic hydroxyl groups excluding tert-OH is 1. The number of hydrogen-bond acceptors (Lipinski definition) is 4. The van der Waals surface area contributed by atoms with Crippen LogP contribution in [-0.4, -0.2) is 35.0 Å². The molecule has 1 heterocycles. The Labute approximate surface area is 81.2 Å². The number of amides is 2. The van der Waals surface area contributed by atoms with E-state index in [1.807, 2.05) is 0 Å².